The number of carbonyl (C=O) groups is 1. The topological polar surface area (TPSA) is 63.3 Å². The molecule has 0 amide bonds. The molecule has 0 bridgehead atoms. The lowest BCUT2D eigenvalue weighted by atomic mass is 10.0. The predicted octanol–water partition coefficient (Wildman–Crippen LogP) is 0.508. The molecular weight excluding hydrogens is 178 g/mol. The number of rotatable bonds is 5. The van der Waals surface area contributed by atoms with E-state index in [1.54, 1.807) is 0 Å². The third kappa shape index (κ3) is 3.28. The van der Waals surface area contributed by atoms with Crippen molar-refractivity contribution in [2.75, 3.05) is 6.61 Å². The Morgan fingerprint density at radius 1 is 1.36 bits per heavy atom. The van der Waals surface area contributed by atoms with Gasteiger partial charge in [0.05, 0.1) is 12.6 Å². The fourth-order valence-electron chi connectivity index (χ4n) is 1.20. The molecule has 14 heavy (non-hydrogen) atoms. The van der Waals surface area contributed by atoms with Crippen molar-refractivity contribution in [1.82, 2.24) is 0 Å². The number of nitrogens with two attached hydrogens (primary N) is 1. The summed E-state index contributed by atoms with van der Waals surface area (Å²) in [6.45, 7) is -0.270. The van der Waals surface area contributed by atoms with Crippen LogP contribution in [0, 0.1) is 0 Å². The molecule has 1 rings (SSSR count). The third-order valence-corrected chi connectivity index (χ3v) is 2.11. The Morgan fingerprint density at radius 3 is 2.57 bits per heavy atom. The van der Waals surface area contributed by atoms with E-state index in [4.69, 9.17) is 10.8 Å². The van der Waals surface area contributed by atoms with Crippen LogP contribution in [0.25, 0.3) is 0 Å². The molecule has 0 aromatic heterocycles. The molecule has 3 N–H and O–H groups in total. The second-order valence-corrected chi connectivity index (χ2v) is 3.24. The fourth-order valence-corrected chi connectivity index (χ4v) is 1.20. The molecule has 3 heteroatoms. The van der Waals surface area contributed by atoms with Gasteiger partial charge in [0.15, 0.2) is 5.78 Å². The van der Waals surface area contributed by atoms with Crippen molar-refractivity contribution in [3.63, 3.8) is 0 Å². The first-order valence-electron chi connectivity index (χ1n) is 4.67. The summed E-state index contributed by atoms with van der Waals surface area (Å²) in [7, 11) is 0. The number of hydrogen-bond acceptors (Lipinski definition) is 3. The zero-order valence-corrected chi connectivity index (χ0v) is 8.02. The van der Waals surface area contributed by atoms with Gasteiger partial charge in [0.1, 0.15) is 0 Å². The van der Waals surface area contributed by atoms with Gasteiger partial charge in [-0.15, -0.1) is 0 Å². The van der Waals surface area contributed by atoms with Crippen LogP contribution >= 0.6 is 0 Å². The van der Waals surface area contributed by atoms with Gasteiger partial charge in [-0.3, -0.25) is 4.79 Å². The Labute approximate surface area is 83.6 Å². The predicted molar refractivity (Wildman–Crippen MR) is 54.8 cm³/mol. The minimum absolute atomic E-state index is 0.0867. The van der Waals surface area contributed by atoms with Crippen LogP contribution in [0.2, 0.25) is 0 Å². The van der Waals surface area contributed by atoms with Gasteiger partial charge in [-0.2, -0.15) is 0 Å². The van der Waals surface area contributed by atoms with Crippen LogP contribution in [0.1, 0.15) is 12.0 Å². The fraction of sp³-hybridized carbons (Fsp3) is 0.364. The first-order chi connectivity index (χ1) is 6.74. The SMILES string of the molecule is N[C@H](CO)C(=O)CCc1ccccc1. The van der Waals surface area contributed by atoms with Crippen LogP contribution in [0.5, 0.6) is 0 Å². The van der Waals surface area contributed by atoms with Gasteiger partial charge in [0.2, 0.25) is 0 Å². The van der Waals surface area contributed by atoms with Crippen LogP contribution in [-0.4, -0.2) is 23.5 Å². The number of hydrogen-bond donors (Lipinski definition) is 2. The highest BCUT2D eigenvalue weighted by Crippen LogP contribution is 2.03. The minimum Gasteiger partial charge on any atom is -0.394 e. The quantitative estimate of drug-likeness (QED) is 0.716. The Bertz CT molecular complexity index is 285. The van der Waals surface area contributed by atoms with Crippen molar-refractivity contribution in [1.29, 1.82) is 0 Å². The molecule has 0 aliphatic carbocycles. The number of Topliss-reactive ketones (excluding diaryl/α,β-unsaturated/α-hetero) is 1. The van der Waals surface area contributed by atoms with E-state index in [9.17, 15) is 4.79 Å². The van der Waals surface area contributed by atoms with Crippen LogP contribution in [0.15, 0.2) is 30.3 Å². The van der Waals surface area contributed by atoms with Gasteiger partial charge < -0.3 is 10.8 Å². The second kappa shape index (κ2) is 5.52. The van der Waals surface area contributed by atoms with Crippen LogP contribution in [-0.2, 0) is 11.2 Å². The smallest absolute Gasteiger partial charge is 0.152 e. The van der Waals surface area contributed by atoms with E-state index in [-0.39, 0.29) is 12.4 Å². The third-order valence-electron chi connectivity index (χ3n) is 2.11. The Morgan fingerprint density at radius 2 is 2.00 bits per heavy atom. The Balaban J connectivity index is 2.38. The molecule has 0 saturated heterocycles. The summed E-state index contributed by atoms with van der Waals surface area (Å²) in [6.07, 6.45) is 1.08. The maximum Gasteiger partial charge on any atom is 0.152 e. The maximum absolute atomic E-state index is 11.3. The van der Waals surface area contributed by atoms with E-state index in [1.807, 2.05) is 30.3 Å². The molecule has 3 nitrogen and oxygen atoms in total. The van der Waals surface area contributed by atoms with Crippen LogP contribution < -0.4 is 5.73 Å². The number of aliphatic hydroxyl groups is 1. The number of aliphatic hydroxyl groups excluding tert-OH is 1. The van der Waals surface area contributed by atoms with E-state index in [2.05, 4.69) is 0 Å². The maximum atomic E-state index is 11.3. The lowest BCUT2D eigenvalue weighted by molar-refractivity contribution is -0.121. The van der Waals surface area contributed by atoms with Crippen molar-refractivity contribution in [3.05, 3.63) is 35.9 Å². The molecule has 1 aromatic rings. The number of carbonyl (C=O) groups excluding carboxylic acids is 1. The van der Waals surface area contributed by atoms with Crippen molar-refractivity contribution in [3.8, 4) is 0 Å². The first-order valence-corrected chi connectivity index (χ1v) is 4.67. The molecular formula is C11H15NO2. The monoisotopic (exact) mass is 193 g/mol. The largest absolute Gasteiger partial charge is 0.394 e. The summed E-state index contributed by atoms with van der Waals surface area (Å²) >= 11 is 0. The lowest BCUT2D eigenvalue weighted by Crippen LogP contribution is -2.34. The summed E-state index contributed by atoms with van der Waals surface area (Å²) in [5, 5.41) is 8.66. The molecule has 0 saturated carbocycles. The molecule has 0 fully saturated rings. The highest BCUT2D eigenvalue weighted by atomic mass is 16.3. The Hall–Kier alpha value is -1.19. The lowest BCUT2D eigenvalue weighted by Gasteiger charge is -2.06. The van der Waals surface area contributed by atoms with Crippen molar-refractivity contribution >= 4 is 5.78 Å². The average molecular weight is 193 g/mol. The van der Waals surface area contributed by atoms with Crippen molar-refractivity contribution in [2.24, 2.45) is 5.73 Å². The van der Waals surface area contributed by atoms with Gasteiger partial charge in [-0.05, 0) is 12.0 Å². The molecule has 0 spiro atoms. The van der Waals surface area contributed by atoms with Gasteiger partial charge in [0.25, 0.3) is 0 Å². The molecule has 0 heterocycles. The number of aryl methyl sites for hydroxylation is 1. The number of ketones is 1. The minimum atomic E-state index is -0.723. The first kappa shape index (κ1) is 10.9. The van der Waals surface area contributed by atoms with E-state index in [0.717, 1.165) is 5.56 Å². The summed E-state index contributed by atoms with van der Waals surface area (Å²) in [6, 6.07) is 9.02. The molecule has 1 aromatic carbocycles. The summed E-state index contributed by atoms with van der Waals surface area (Å²) in [5.41, 5.74) is 6.50. The van der Waals surface area contributed by atoms with Gasteiger partial charge >= 0.3 is 0 Å². The average Bonchev–Trinajstić information content (AvgIpc) is 2.26. The summed E-state index contributed by atoms with van der Waals surface area (Å²) in [4.78, 5) is 11.3. The Kier molecular flexibility index (Phi) is 4.29. The van der Waals surface area contributed by atoms with E-state index in [0.29, 0.717) is 12.8 Å². The summed E-state index contributed by atoms with van der Waals surface area (Å²) in [5.74, 6) is -0.0867. The zero-order chi connectivity index (χ0) is 10.4. The standard InChI is InChI=1S/C11H15NO2/c12-10(8-13)11(14)7-6-9-4-2-1-3-5-9/h1-5,10,13H,6-8,12H2/t10-/m1/s1. The molecule has 0 aliphatic heterocycles. The second-order valence-electron chi connectivity index (χ2n) is 3.24. The normalized spacial score (nSPS) is 12.4. The number of benzene rings is 1. The molecule has 0 aliphatic rings. The van der Waals surface area contributed by atoms with E-state index < -0.39 is 6.04 Å². The van der Waals surface area contributed by atoms with Gasteiger partial charge in [-0.25, -0.2) is 0 Å². The highest BCUT2D eigenvalue weighted by Gasteiger charge is 2.11. The highest BCUT2D eigenvalue weighted by molar-refractivity contribution is 5.84. The van der Waals surface area contributed by atoms with E-state index >= 15 is 0 Å². The van der Waals surface area contributed by atoms with Crippen molar-refractivity contribution in [2.45, 2.75) is 18.9 Å². The van der Waals surface area contributed by atoms with Gasteiger partial charge in [0, 0.05) is 6.42 Å². The zero-order valence-electron chi connectivity index (χ0n) is 8.02. The summed E-state index contributed by atoms with van der Waals surface area (Å²) < 4.78 is 0. The molecule has 76 valence electrons. The molecule has 0 radical (unpaired) electrons. The van der Waals surface area contributed by atoms with Crippen molar-refractivity contribution < 1.29 is 9.90 Å². The van der Waals surface area contributed by atoms with Crippen LogP contribution in [0.3, 0.4) is 0 Å². The van der Waals surface area contributed by atoms with Gasteiger partial charge in [-0.1, -0.05) is 30.3 Å². The molecule has 0 unspecified atom stereocenters. The van der Waals surface area contributed by atoms with Crippen LogP contribution in [0.4, 0.5) is 0 Å². The molecule has 1 atom stereocenters. The van der Waals surface area contributed by atoms with E-state index in [1.165, 1.54) is 0 Å².